The number of nitrogens with two attached hydrogens (primary N) is 1. The van der Waals surface area contributed by atoms with Gasteiger partial charge in [-0.2, -0.15) is 0 Å². The fourth-order valence-corrected chi connectivity index (χ4v) is 1.95. The van der Waals surface area contributed by atoms with Crippen molar-refractivity contribution in [3.63, 3.8) is 0 Å². The smallest absolute Gasteiger partial charge is 0.129 e. The van der Waals surface area contributed by atoms with E-state index in [-0.39, 0.29) is 12.4 Å². The molecular weight excluding hydrogens is 211 g/mol. The first-order valence-electron chi connectivity index (χ1n) is 5.10. The van der Waals surface area contributed by atoms with Gasteiger partial charge in [0.15, 0.2) is 0 Å². The van der Waals surface area contributed by atoms with Gasteiger partial charge in [0.05, 0.1) is 18.8 Å². The molecule has 2 atom stereocenters. The quantitative estimate of drug-likeness (QED) is 0.612. The number of aliphatic hydroxyl groups excluding tert-OH is 1. The van der Waals surface area contributed by atoms with Crippen molar-refractivity contribution in [1.82, 2.24) is 5.32 Å². The molecule has 4 N–H and O–H groups in total. The molecule has 0 amide bonds. The van der Waals surface area contributed by atoms with E-state index in [0.717, 1.165) is 0 Å². The number of aliphatic hydroxyl groups is 1. The maximum absolute atomic E-state index is 13.7. The first-order valence-corrected chi connectivity index (χ1v) is 5.10. The Balaban J connectivity index is 2.37. The van der Waals surface area contributed by atoms with Crippen molar-refractivity contribution in [1.29, 1.82) is 0 Å². The molecule has 1 aromatic rings. The van der Waals surface area contributed by atoms with Gasteiger partial charge in [0.25, 0.3) is 0 Å². The number of hydrogen-bond donors (Lipinski definition) is 3. The third-order valence-corrected chi connectivity index (χ3v) is 2.74. The molecule has 1 fully saturated rings. The van der Waals surface area contributed by atoms with Crippen LogP contribution in [-0.4, -0.2) is 24.5 Å². The van der Waals surface area contributed by atoms with Gasteiger partial charge >= 0.3 is 0 Å². The molecule has 0 bridgehead atoms. The Labute approximate surface area is 93.2 Å². The van der Waals surface area contributed by atoms with Crippen LogP contribution >= 0.6 is 0 Å². The molecule has 0 aromatic heterocycles. The molecule has 1 aromatic carbocycles. The Kier molecular flexibility index (Phi) is 2.84. The van der Waals surface area contributed by atoms with Crippen molar-refractivity contribution in [3.8, 4) is 0 Å². The van der Waals surface area contributed by atoms with E-state index >= 15 is 0 Å². The number of halogens is 1. The molecule has 88 valence electrons. The summed E-state index contributed by atoms with van der Waals surface area (Å²) in [6, 6.07) is 4.38. The second-order valence-corrected chi connectivity index (χ2v) is 4.25. The first kappa shape index (κ1) is 11.3. The molecular formula is C11H15FN2O2. The van der Waals surface area contributed by atoms with Gasteiger partial charge in [-0.3, -0.25) is 5.32 Å². The van der Waals surface area contributed by atoms with Crippen LogP contribution in [-0.2, 0) is 10.3 Å². The lowest BCUT2D eigenvalue weighted by molar-refractivity contribution is -0.0716. The Hall–Kier alpha value is -1.17. The van der Waals surface area contributed by atoms with Gasteiger partial charge in [-0.05, 0) is 25.1 Å². The number of hydrogen-bond acceptors (Lipinski definition) is 4. The summed E-state index contributed by atoms with van der Waals surface area (Å²) in [6.45, 7) is 2.27. The van der Waals surface area contributed by atoms with E-state index < -0.39 is 11.8 Å². The Bertz CT molecular complexity index is 400. The molecule has 1 heterocycles. The third kappa shape index (κ3) is 2.02. The number of ether oxygens (including phenoxy) is 1. The number of nitrogens with one attached hydrogen (secondary N) is 1. The van der Waals surface area contributed by atoms with E-state index in [4.69, 9.17) is 10.5 Å². The summed E-state index contributed by atoms with van der Waals surface area (Å²) >= 11 is 0. The molecule has 0 saturated carbocycles. The van der Waals surface area contributed by atoms with Crippen LogP contribution in [0.15, 0.2) is 18.2 Å². The molecule has 1 aliphatic rings. The fraction of sp³-hybridized carbons (Fsp3) is 0.455. The van der Waals surface area contributed by atoms with E-state index in [9.17, 15) is 9.50 Å². The highest BCUT2D eigenvalue weighted by molar-refractivity contribution is 5.44. The summed E-state index contributed by atoms with van der Waals surface area (Å²) in [4.78, 5) is 0. The van der Waals surface area contributed by atoms with Gasteiger partial charge in [-0.25, -0.2) is 4.39 Å². The minimum atomic E-state index is -0.792. The SMILES string of the molecule is C[C@@]1(c2cc(N)ccc2F)COCC(O)N1. The zero-order valence-corrected chi connectivity index (χ0v) is 9.03. The molecule has 0 spiro atoms. The highest BCUT2D eigenvalue weighted by atomic mass is 19.1. The molecule has 4 nitrogen and oxygen atoms in total. The van der Waals surface area contributed by atoms with Crippen molar-refractivity contribution in [3.05, 3.63) is 29.6 Å². The van der Waals surface area contributed by atoms with Crippen molar-refractivity contribution in [2.75, 3.05) is 18.9 Å². The number of benzene rings is 1. The first-order chi connectivity index (χ1) is 7.51. The average Bonchev–Trinajstić information content (AvgIpc) is 2.21. The predicted octanol–water partition coefficient (Wildman–Crippen LogP) is 0.561. The highest BCUT2D eigenvalue weighted by Crippen LogP contribution is 2.28. The largest absolute Gasteiger partial charge is 0.399 e. The summed E-state index contributed by atoms with van der Waals surface area (Å²) in [5, 5.41) is 12.4. The van der Waals surface area contributed by atoms with Gasteiger partial charge in [0.2, 0.25) is 0 Å². The van der Waals surface area contributed by atoms with Crippen LogP contribution in [0.4, 0.5) is 10.1 Å². The van der Waals surface area contributed by atoms with Gasteiger partial charge < -0.3 is 15.6 Å². The zero-order chi connectivity index (χ0) is 11.8. The van der Waals surface area contributed by atoms with Crippen molar-refractivity contribution < 1.29 is 14.2 Å². The maximum atomic E-state index is 13.7. The van der Waals surface area contributed by atoms with Crippen LogP contribution in [0.3, 0.4) is 0 Å². The second-order valence-electron chi connectivity index (χ2n) is 4.25. The number of morpholine rings is 1. The summed E-state index contributed by atoms with van der Waals surface area (Å²) in [5.41, 5.74) is 5.77. The van der Waals surface area contributed by atoms with E-state index in [0.29, 0.717) is 17.9 Å². The predicted molar refractivity (Wildman–Crippen MR) is 58.1 cm³/mol. The van der Waals surface area contributed by atoms with Gasteiger partial charge in [0, 0.05) is 11.3 Å². The van der Waals surface area contributed by atoms with Crippen LogP contribution in [0.1, 0.15) is 12.5 Å². The van der Waals surface area contributed by atoms with Crippen molar-refractivity contribution >= 4 is 5.69 Å². The lowest BCUT2D eigenvalue weighted by Crippen LogP contribution is -2.55. The van der Waals surface area contributed by atoms with Gasteiger partial charge in [-0.1, -0.05) is 0 Å². The lowest BCUT2D eigenvalue weighted by Gasteiger charge is -2.38. The van der Waals surface area contributed by atoms with Crippen molar-refractivity contribution in [2.45, 2.75) is 18.7 Å². The monoisotopic (exact) mass is 226 g/mol. The second kappa shape index (κ2) is 4.01. The Morgan fingerprint density at radius 2 is 2.38 bits per heavy atom. The topological polar surface area (TPSA) is 67.5 Å². The zero-order valence-electron chi connectivity index (χ0n) is 9.03. The molecule has 1 saturated heterocycles. The van der Waals surface area contributed by atoms with Gasteiger partial charge in [0.1, 0.15) is 12.0 Å². The molecule has 2 rings (SSSR count). The van der Waals surface area contributed by atoms with Crippen LogP contribution < -0.4 is 11.1 Å². The van der Waals surface area contributed by atoms with Crippen LogP contribution in [0.25, 0.3) is 0 Å². The van der Waals surface area contributed by atoms with E-state index in [1.54, 1.807) is 13.0 Å². The maximum Gasteiger partial charge on any atom is 0.129 e. The molecule has 16 heavy (non-hydrogen) atoms. The summed E-state index contributed by atoms with van der Waals surface area (Å²) < 4.78 is 18.9. The lowest BCUT2D eigenvalue weighted by atomic mass is 9.91. The summed E-state index contributed by atoms with van der Waals surface area (Å²) in [7, 11) is 0. The van der Waals surface area contributed by atoms with Crippen LogP contribution in [0.2, 0.25) is 0 Å². The number of anilines is 1. The fourth-order valence-electron chi connectivity index (χ4n) is 1.95. The minimum Gasteiger partial charge on any atom is -0.399 e. The molecule has 1 aliphatic heterocycles. The highest BCUT2D eigenvalue weighted by Gasteiger charge is 2.35. The minimum absolute atomic E-state index is 0.208. The van der Waals surface area contributed by atoms with E-state index in [1.807, 2.05) is 0 Å². The number of nitrogen functional groups attached to an aromatic ring is 1. The molecule has 1 unspecified atom stereocenters. The normalized spacial score (nSPS) is 30.3. The van der Waals surface area contributed by atoms with E-state index in [1.165, 1.54) is 12.1 Å². The summed E-state index contributed by atoms with van der Waals surface area (Å²) in [6.07, 6.45) is -0.792. The third-order valence-electron chi connectivity index (χ3n) is 2.74. The standard InChI is InChI=1S/C11H15FN2O2/c1-11(6-16-5-10(15)14-11)8-4-7(13)2-3-9(8)12/h2-4,10,14-15H,5-6,13H2,1H3/t10?,11-/m0/s1. The van der Waals surface area contributed by atoms with Crippen LogP contribution in [0.5, 0.6) is 0 Å². The van der Waals surface area contributed by atoms with Gasteiger partial charge in [-0.15, -0.1) is 0 Å². The summed E-state index contributed by atoms with van der Waals surface area (Å²) in [5.74, 6) is -0.359. The van der Waals surface area contributed by atoms with Crippen molar-refractivity contribution in [2.24, 2.45) is 0 Å². The Morgan fingerprint density at radius 1 is 1.62 bits per heavy atom. The molecule has 5 heteroatoms. The molecule has 0 aliphatic carbocycles. The Morgan fingerprint density at radius 3 is 3.06 bits per heavy atom. The van der Waals surface area contributed by atoms with E-state index in [2.05, 4.69) is 5.32 Å². The van der Waals surface area contributed by atoms with Crippen LogP contribution in [0, 0.1) is 5.82 Å². The molecule has 0 radical (unpaired) electrons. The number of rotatable bonds is 1. The average molecular weight is 226 g/mol.